The van der Waals surface area contributed by atoms with E-state index in [0.717, 1.165) is 18.7 Å². The third kappa shape index (κ3) is 3.66. The predicted molar refractivity (Wildman–Crippen MR) is 79.3 cm³/mol. The van der Waals surface area contributed by atoms with Gasteiger partial charge < -0.3 is 14.6 Å². The highest BCUT2D eigenvalue weighted by Crippen LogP contribution is 2.33. The fourth-order valence-corrected chi connectivity index (χ4v) is 2.64. The maximum atomic E-state index is 9.58. The molecule has 0 radical (unpaired) electrons. The van der Waals surface area contributed by atoms with Crippen LogP contribution in [0, 0.1) is 11.3 Å². The van der Waals surface area contributed by atoms with Crippen molar-refractivity contribution in [3.63, 3.8) is 0 Å². The molecule has 0 aliphatic carbocycles. The summed E-state index contributed by atoms with van der Waals surface area (Å²) in [5.41, 5.74) is 0.897. The number of rotatable bonds is 5. The lowest BCUT2D eigenvalue weighted by Crippen LogP contribution is -2.38. The molecule has 1 aliphatic rings. The molecule has 2 rings (SSSR count). The van der Waals surface area contributed by atoms with Gasteiger partial charge in [0.1, 0.15) is 6.04 Å². The van der Waals surface area contributed by atoms with Crippen molar-refractivity contribution in [1.29, 1.82) is 5.26 Å². The van der Waals surface area contributed by atoms with Crippen molar-refractivity contribution in [1.82, 2.24) is 4.90 Å². The van der Waals surface area contributed by atoms with Crippen molar-refractivity contribution < 1.29 is 14.6 Å². The van der Waals surface area contributed by atoms with Crippen molar-refractivity contribution in [2.45, 2.75) is 31.9 Å². The van der Waals surface area contributed by atoms with Gasteiger partial charge in [-0.25, -0.2) is 0 Å². The van der Waals surface area contributed by atoms with E-state index < -0.39 is 0 Å². The van der Waals surface area contributed by atoms with E-state index in [-0.39, 0.29) is 12.1 Å². The zero-order chi connectivity index (χ0) is 15.2. The van der Waals surface area contributed by atoms with E-state index in [1.165, 1.54) is 0 Å². The average Bonchev–Trinajstić information content (AvgIpc) is 2.51. The Kier molecular flexibility index (Phi) is 5.43. The summed E-state index contributed by atoms with van der Waals surface area (Å²) in [5, 5.41) is 19.1. The standard InChI is InChI=1S/C16H22N2O3/c1-3-21-15-5-4-12(10-16(15)20-2)14(11-17)18-8-6-13(19)7-9-18/h4-5,10,13-14,19H,3,6-9H2,1-2H3. The highest BCUT2D eigenvalue weighted by Gasteiger charge is 2.25. The van der Waals surface area contributed by atoms with Crippen LogP contribution >= 0.6 is 0 Å². The van der Waals surface area contributed by atoms with Crippen LogP contribution in [0.2, 0.25) is 0 Å². The van der Waals surface area contributed by atoms with E-state index in [0.29, 0.717) is 30.9 Å². The van der Waals surface area contributed by atoms with Crippen LogP contribution in [0.1, 0.15) is 31.4 Å². The van der Waals surface area contributed by atoms with E-state index in [4.69, 9.17) is 9.47 Å². The maximum Gasteiger partial charge on any atom is 0.161 e. The molecular weight excluding hydrogens is 268 g/mol. The lowest BCUT2D eigenvalue weighted by atomic mass is 10.0. The van der Waals surface area contributed by atoms with Gasteiger partial charge in [0.2, 0.25) is 0 Å². The first kappa shape index (κ1) is 15.6. The molecule has 21 heavy (non-hydrogen) atoms. The SMILES string of the molecule is CCOc1ccc(C(C#N)N2CCC(O)CC2)cc1OC. The van der Waals surface area contributed by atoms with Crippen LogP contribution in [0.4, 0.5) is 0 Å². The number of benzene rings is 1. The van der Waals surface area contributed by atoms with Crippen LogP contribution in [-0.4, -0.2) is 42.9 Å². The molecule has 5 nitrogen and oxygen atoms in total. The van der Waals surface area contributed by atoms with Crippen molar-refractivity contribution in [2.24, 2.45) is 0 Å². The minimum Gasteiger partial charge on any atom is -0.493 e. The van der Waals surface area contributed by atoms with Crippen molar-refractivity contribution in [3.8, 4) is 17.6 Å². The molecule has 0 spiro atoms. The van der Waals surface area contributed by atoms with Gasteiger partial charge in [-0.05, 0) is 37.5 Å². The molecule has 0 amide bonds. The van der Waals surface area contributed by atoms with E-state index in [1.807, 2.05) is 25.1 Å². The van der Waals surface area contributed by atoms with Crippen molar-refractivity contribution in [3.05, 3.63) is 23.8 Å². The fraction of sp³-hybridized carbons (Fsp3) is 0.562. The number of nitriles is 1. The van der Waals surface area contributed by atoms with Crippen LogP contribution in [0.15, 0.2) is 18.2 Å². The summed E-state index contributed by atoms with van der Waals surface area (Å²) in [6, 6.07) is 7.66. The van der Waals surface area contributed by atoms with Crippen molar-refractivity contribution in [2.75, 3.05) is 26.8 Å². The Hall–Kier alpha value is -1.77. The summed E-state index contributed by atoms with van der Waals surface area (Å²) >= 11 is 0. The summed E-state index contributed by atoms with van der Waals surface area (Å²) in [6.45, 7) is 3.95. The second-order valence-electron chi connectivity index (χ2n) is 5.14. The van der Waals surface area contributed by atoms with E-state index in [1.54, 1.807) is 7.11 Å². The second-order valence-corrected chi connectivity index (χ2v) is 5.14. The van der Waals surface area contributed by atoms with E-state index in [2.05, 4.69) is 11.0 Å². The molecule has 1 unspecified atom stereocenters. The minimum atomic E-state index is -0.318. The normalized spacial score (nSPS) is 18.0. The number of hydrogen-bond donors (Lipinski definition) is 1. The van der Waals surface area contributed by atoms with Crippen LogP contribution in [0.3, 0.4) is 0 Å². The summed E-state index contributed by atoms with van der Waals surface area (Å²) in [7, 11) is 1.60. The number of hydrogen-bond acceptors (Lipinski definition) is 5. The maximum absolute atomic E-state index is 9.58. The highest BCUT2D eigenvalue weighted by atomic mass is 16.5. The van der Waals surface area contributed by atoms with Gasteiger partial charge in [-0.15, -0.1) is 0 Å². The van der Waals surface area contributed by atoms with E-state index >= 15 is 0 Å². The first-order valence-electron chi connectivity index (χ1n) is 7.32. The predicted octanol–water partition coefficient (Wildman–Crippen LogP) is 2.12. The second kappa shape index (κ2) is 7.30. The van der Waals surface area contributed by atoms with Gasteiger partial charge in [-0.1, -0.05) is 6.07 Å². The van der Waals surface area contributed by atoms with Crippen LogP contribution in [0.25, 0.3) is 0 Å². The topological polar surface area (TPSA) is 65.7 Å². The molecule has 0 aromatic heterocycles. The minimum absolute atomic E-state index is 0.240. The van der Waals surface area contributed by atoms with Gasteiger partial charge in [0.05, 0.1) is 25.9 Å². The third-order valence-corrected chi connectivity index (χ3v) is 3.79. The highest BCUT2D eigenvalue weighted by molar-refractivity contribution is 5.44. The number of methoxy groups -OCH3 is 1. The summed E-state index contributed by atoms with van der Waals surface area (Å²) in [5.74, 6) is 1.33. The van der Waals surface area contributed by atoms with Crippen molar-refractivity contribution >= 4 is 0 Å². The van der Waals surface area contributed by atoms with Gasteiger partial charge in [0.25, 0.3) is 0 Å². The van der Waals surface area contributed by atoms with Gasteiger partial charge in [0, 0.05) is 13.1 Å². The number of piperidine rings is 1. The molecule has 5 heteroatoms. The first-order chi connectivity index (χ1) is 10.2. The Bertz CT molecular complexity index is 505. The van der Waals surface area contributed by atoms with Crippen LogP contribution in [0.5, 0.6) is 11.5 Å². The molecule has 1 aromatic rings. The molecule has 0 bridgehead atoms. The Balaban J connectivity index is 2.20. The molecule has 1 aromatic carbocycles. The van der Waals surface area contributed by atoms with Gasteiger partial charge in [-0.2, -0.15) is 5.26 Å². The van der Waals surface area contributed by atoms with Gasteiger partial charge >= 0.3 is 0 Å². The number of aliphatic hydroxyl groups is 1. The number of aliphatic hydroxyl groups excluding tert-OH is 1. The summed E-state index contributed by atoms with van der Waals surface area (Å²) in [6.07, 6.45) is 1.19. The van der Waals surface area contributed by atoms with Gasteiger partial charge in [-0.3, -0.25) is 4.90 Å². The van der Waals surface area contributed by atoms with Crippen LogP contribution in [-0.2, 0) is 0 Å². The lowest BCUT2D eigenvalue weighted by Gasteiger charge is -2.33. The summed E-state index contributed by atoms with van der Waals surface area (Å²) in [4.78, 5) is 2.10. The Morgan fingerprint density at radius 1 is 1.38 bits per heavy atom. The number of likely N-dealkylation sites (tertiary alicyclic amines) is 1. The fourth-order valence-electron chi connectivity index (χ4n) is 2.64. The molecule has 1 saturated heterocycles. The molecule has 1 aliphatic heterocycles. The monoisotopic (exact) mass is 290 g/mol. The number of ether oxygens (including phenoxy) is 2. The zero-order valence-corrected chi connectivity index (χ0v) is 12.6. The molecule has 1 fully saturated rings. The largest absolute Gasteiger partial charge is 0.493 e. The Morgan fingerprint density at radius 2 is 2.10 bits per heavy atom. The molecule has 114 valence electrons. The first-order valence-corrected chi connectivity index (χ1v) is 7.32. The van der Waals surface area contributed by atoms with Gasteiger partial charge in [0.15, 0.2) is 11.5 Å². The molecule has 1 atom stereocenters. The molecule has 1 heterocycles. The van der Waals surface area contributed by atoms with Crippen LogP contribution < -0.4 is 9.47 Å². The lowest BCUT2D eigenvalue weighted by molar-refractivity contribution is 0.0716. The number of nitrogens with zero attached hydrogens (tertiary/aromatic N) is 2. The van der Waals surface area contributed by atoms with E-state index in [9.17, 15) is 10.4 Å². The Labute approximate surface area is 125 Å². The quantitative estimate of drug-likeness (QED) is 0.899. The zero-order valence-electron chi connectivity index (χ0n) is 12.6. The molecular formula is C16H22N2O3. The smallest absolute Gasteiger partial charge is 0.161 e. The molecule has 1 N–H and O–H groups in total. The Morgan fingerprint density at radius 3 is 2.67 bits per heavy atom. The molecule has 0 saturated carbocycles. The third-order valence-electron chi connectivity index (χ3n) is 3.79. The summed E-state index contributed by atoms with van der Waals surface area (Å²) < 4.78 is 10.8. The average molecular weight is 290 g/mol.